The summed E-state index contributed by atoms with van der Waals surface area (Å²) in [5, 5.41) is 8.97. The Morgan fingerprint density at radius 2 is 2.00 bits per heavy atom. The molecule has 3 N–H and O–H groups in total. The molecule has 0 amide bonds. The summed E-state index contributed by atoms with van der Waals surface area (Å²) in [5.74, 6) is 1.69. The number of nitrogens with one attached hydrogen (secondary N) is 1. The molecular formula is C19H19Cl2N5O. The fourth-order valence-corrected chi connectivity index (χ4v) is 3.95. The Morgan fingerprint density at radius 3 is 2.70 bits per heavy atom. The number of nitrogens with zero attached hydrogens (tertiary/aromatic N) is 3. The lowest BCUT2D eigenvalue weighted by atomic mass is 9.93. The summed E-state index contributed by atoms with van der Waals surface area (Å²) in [7, 11) is 0. The van der Waals surface area contributed by atoms with Gasteiger partial charge in [0.15, 0.2) is 0 Å². The van der Waals surface area contributed by atoms with Crippen LogP contribution in [0.15, 0.2) is 42.5 Å². The van der Waals surface area contributed by atoms with Crippen LogP contribution in [0, 0.1) is 0 Å². The Balaban J connectivity index is 1.71. The molecule has 0 saturated carbocycles. The summed E-state index contributed by atoms with van der Waals surface area (Å²) in [6.45, 7) is 2.60. The van der Waals surface area contributed by atoms with Gasteiger partial charge < -0.3 is 15.8 Å². The maximum atomic E-state index is 6.44. The van der Waals surface area contributed by atoms with Crippen molar-refractivity contribution in [2.75, 3.05) is 17.7 Å². The molecule has 27 heavy (non-hydrogen) atoms. The molecule has 2 atom stereocenters. The van der Waals surface area contributed by atoms with E-state index in [4.69, 9.17) is 33.7 Å². The van der Waals surface area contributed by atoms with Crippen LogP contribution in [0.25, 0.3) is 0 Å². The van der Waals surface area contributed by atoms with E-state index in [9.17, 15) is 0 Å². The average molecular weight is 404 g/mol. The van der Waals surface area contributed by atoms with Gasteiger partial charge in [0, 0.05) is 10.0 Å². The summed E-state index contributed by atoms with van der Waals surface area (Å²) in [6.07, 6.45) is 0.741. The lowest BCUT2D eigenvalue weighted by molar-refractivity contribution is 0.340. The van der Waals surface area contributed by atoms with Crippen molar-refractivity contribution in [1.82, 2.24) is 14.8 Å². The number of hydrogen-bond acceptors (Lipinski definition) is 5. The first-order valence-electron chi connectivity index (χ1n) is 8.71. The van der Waals surface area contributed by atoms with Crippen molar-refractivity contribution in [1.29, 1.82) is 0 Å². The van der Waals surface area contributed by atoms with Gasteiger partial charge in [-0.3, -0.25) is 0 Å². The highest BCUT2D eigenvalue weighted by molar-refractivity contribution is 6.35. The molecule has 0 aliphatic carbocycles. The normalized spacial score (nSPS) is 18.6. The number of hydrogen-bond donors (Lipinski definition) is 2. The Morgan fingerprint density at radius 1 is 1.22 bits per heavy atom. The summed E-state index contributed by atoms with van der Waals surface area (Å²) < 4.78 is 7.37. The van der Waals surface area contributed by atoms with E-state index >= 15 is 0 Å². The number of aromatic nitrogens is 3. The minimum absolute atomic E-state index is 0.0292. The molecule has 1 aromatic heterocycles. The zero-order valence-electron chi connectivity index (χ0n) is 14.7. The molecule has 8 heteroatoms. The van der Waals surface area contributed by atoms with Gasteiger partial charge in [-0.1, -0.05) is 41.4 Å². The number of ether oxygens (including phenoxy) is 1. The summed E-state index contributed by atoms with van der Waals surface area (Å²) in [6, 6.07) is 13.5. The quantitative estimate of drug-likeness (QED) is 0.659. The van der Waals surface area contributed by atoms with E-state index in [1.807, 2.05) is 48.0 Å². The predicted molar refractivity (Wildman–Crippen MR) is 108 cm³/mol. The molecule has 1 aliphatic heterocycles. The zero-order chi connectivity index (χ0) is 19.0. The van der Waals surface area contributed by atoms with Gasteiger partial charge in [0.25, 0.3) is 0 Å². The number of fused-ring (bicyclic) bond motifs is 1. The maximum absolute atomic E-state index is 6.44. The molecule has 2 aromatic carbocycles. The third-order valence-corrected chi connectivity index (χ3v) is 5.18. The van der Waals surface area contributed by atoms with E-state index in [-0.39, 0.29) is 18.0 Å². The van der Waals surface area contributed by atoms with Crippen LogP contribution in [0.5, 0.6) is 5.75 Å². The van der Waals surface area contributed by atoms with Crippen molar-refractivity contribution in [2.24, 2.45) is 0 Å². The molecule has 6 nitrogen and oxygen atoms in total. The van der Waals surface area contributed by atoms with Crippen LogP contribution in [0.3, 0.4) is 0 Å². The fraction of sp³-hybridized carbons (Fsp3) is 0.263. The fourth-order valence-electron chi connectivity index (χ4n) is 3.41. The Kier molecular flexibility index (Phi) is 4.85. The minimum Gasteiger partial charge on any atom is -0.494 e. The smallest absolute Gasteiger partial charge is 0.241 e. The molecule has 1 aliphatic rings. The van der Waals surface area contributed by atoms with Crippen LogP contribution in [-0.4, -0.2) is 21.4 Å². The van der Waals surface area contributed by atoms with Crippen molar-refractivity contribution in [2.45, 2.75) is 25.4 Å². The first-order valence-corrected chi connectivity index (χ1v) is 9.47. The lowest BCUT2D eigenvalue weighted by Crippen LogP contribution is -2.28. The Hall–Kier alpha value is -2.44. The molecule has 4 rings (SSSR count). The molecule has 0 unspecified atom stereocenters. The van der Waals surface area contributed by atoms with Crippen LogP contribution < -0.4 is 15.8 Å². The van der Waals surface area contributed by atoms with E-state index in [1.54, 1.807) is 6.07 Å². The van der Waals surface area contributed by atoms with E-state index < -0.39 is 0 Å². The topological polar surface area (TPSA) is 78.0 Å². The molecule has 140 valence electrons. The second-order valence-electron chi connectivity index (χ2n) is 6.35. The standard InChI is InChI=1S/C19H19Cl2N5O/c1-2-27-13-6-3-11(4-7-13)17-10-16(14-8-5-12(20)9-15(14)21)23-19-24-18(22)25-26(17)19/h3-9,16-17H,2,10H2,1H3,(H3,22,23,24,25)/t16-,17+/m0/s1. The predicted octanol–water partition coefficient (Wildman–Crippen LogP) is 4.71. The average Bonchev–Trinajstić information content (AvgIpc) is 3.02. The molecule has 0 saturated heterocycles. The van der Waals surface area contributed by atoms with Crippen molar-refractivity contribution in [3.05, 3.63) is 63.6 Å². The minimum atomic E-state index is -0.0394. The Labute approximate surface area is 167 Å². The second kappa shape index (κ2) is 7.29. The van der Waals surface area contributed by atoms with Gasteiger partial charge in [-0.15, -0.1) is 5.10 Å². The lowest BCUT2D eigenvalue weighted by Gasteiger charge is -2.32. The summed E-state index contributed by atoms with van der Waals surface area (Å²) >= 11 is 12.5. The third-order valence-electron chi connectivity index (χ3n) is 4.62. The van der Waals surface area contributed by atoms with E-state index in [1.165, 1.54) is 0 Å². The van der Waals surface area contributed by atoms with Gasteiger partial charge in [0.1, 0.15) is 5.75 Å². The van der Waals surface area contributed by atoms with Gasteiger partial charge in [0.2, 0.25) is 11.9 Å². The van der Waals surface area contributed by atoms with Crippen molar-refractivity contribution in [3.8, 4) is 5.75 Å². The third kappa shape index (κ3) is 3.55. The van der Waals surface area contributed by atoms with Crippen molar-refractivity contribution in [3.63, 3.8) is 0 Å². The SMILES string of the molecule is CCOc1ccc([C@H]2C[C@@H](c3ccc(Cl)cc3Cl)Nc3nc(N)nn32)cc1. The van der Waals surface area contributed by atoms with E-state index in [2.05, 4.69) is 15.4 Å². The zero-order valence-corrected chi connectivity index (χ0v) is 16.2. The van der Waals surface area contributed by atoms with Crippen LogP contribution in [0.4, 0.5) is 11.9 Å². The maximum Gasteiger partial charge on any atom is 0.241 e. The van der Waals surface area contributed by atoms with Crippen LogP contribution in [0.2, 0.25) is 10.0 Å². The number of rotatable bonds is 4. The van der Waals surface area contributed by atoms with E-state index in [0.717, 1.165) is 23.3 Å². The number of nitrogen functional groups attached to an aromatic ring is 1. The number of anilines is 2. The number of halogens is 2. The molecule has 0 spiro atoms. The summed E-state index contributed by atoms with van der Waals surface area (Å²) in [4.78, 5) is 4.32. The van der Waals surface area contributed by atoms with Gasteiger partial charge in [-0.2, -0.15) is 4.98 Å². The van der Waals surface area contributed by atoms with Gasteiger partial charge in [0.05, 0.1) is 18.7 Å². The van der Waals surface area contributed by atoms with Gasteiger partial charge >= 0.3 is 0 Å². The summed E-state index contributed by atoms with van der Waals surface area (Å²) in [5.41, 5.74) is 7.91. The molecule has 3 aromatic rings. The molecule has 0 fully saturated rings. The van der Waals surface area contributed by atoms with Crippen molar-refractivity contribution >= 4 is 35.1 Å². The highest BCUT2D eigenvalue weighted by Crippen LogP contribution is 2.40. The Bertz CT molecular complexity index is 957. The molecule has 0 radical (unpaired) electrons. The monoisotopic (exact) mass is 403 g/mol. The molecular weight excluding hydrogens is 385 g/mol. The van der Waals surface area contributed by atoms with Crippen molar-refractivity contribution < 1.29 is 4.74 Å². The number of benzene rings is 2. The number of nitrogens with two attached hydrogens (primary N) is 1. The van der Waals surface area contributed by atoms with Gasteiger partial charge in [-0.05, 0) is 48.7 Å². The highest BCUT2D eigenvalue weighted by Gasteiger charge is 2.31. The van der Waals surface area contributed by atoms with Crippen LogP contribution >= 0.6 is 23.2 Å². The first-order chi connectivity index (χ1) is 13.0. The first kappa shape index (κ1) is 17.9. The van der Waals surface area contributed by atoms with Crippen LogP contribution in [0.1, 0.15) is 36.6 Å². The second-order valence-corrected chi connectivity index (χ2v) is 7.20. The van der Waals surface area contributed by atoms with E-state index in [0.29, 0.717) is 22.6 Å². The molecule has 0 bridgehead atoms. The van der Waals surface area contributed by atoms with Gasteiger partial charge in [-0.25, -0.2) is 4.68 Å². The largest absolute Gasteiger partial charge is 0.494 e. The van der Waals surface area contributed by atoms with Crippen LogP contribution in [-0.2, 0) is 0 Å². The molecule has 2 heterocycles. The highest BCUT2D eigenvalue weighted by atomic mass is 35.5.